The number of aryl methyl sites for hydroxylation is 2. The monoisotopic (exact) mass is 276 g/mol. The number of fused-ring (bicyclic) bond motifs is 2. The first kappa shape index (κ1) is 11.9. The van der Waals surface area contributed by atoms with Gasteiger partial charge in [-0.05, 0) is 24.6 Å². The number of aromatic amines is 1. The lowest BCUT2D eigenvalue weighted by Crippen LogP contribution is -2.28. The zero-order valence-corrected chi connectivity index (χ0v) is 10.9. The average Bonchev–Trinajstić information content (AvgIpc) is 2.34. The normalized spacial score (nSPS) is 11.3. The molecule has 2 aliphatic rings. The maximum Gasteiger partial charge on any atom is 0.349 e. The highest BCUT2D eigenvalue weighted by Gasteiger charge is 2.17. The maximum atomic E-state index is 11.7. The van der Waals surface area contributed by atoms with Crippen molar-refractivity contribution >= 4 is 22.6 Å². The summed E-state index contributed by atoms with van der Waals surface area (Å²) in [5.74, 6) is 0.237. The second-order valence-electron chi connectivity index (χ2n) is 4.30. The summed E-state index contributed by atoms with van der Waals surface area (Å²) in [5, 5.41) is 0.594. The lowest BCUT2D eigenvalue weighted by atomic mass is 10.2. The van der Waals surface area contributed by atoms with Crippen molar-refractivity contribution in [3.05, 3.63) is 43.6 Å². The number of nitrogens with zero attached hydrogens (tertiary/aromatic N) is 3. The van der Waals surface area contributed by atoms with Crippen LogP contribution in [0.2, 0.25) is 5.02 Å². The molecule has 6 nitrogen and oxygen atoms in total. The van der Waals surface area contributed by atoms with Gasteiger partial charge in [0, 0.05) is 12.1 Å². The van der Waals surface area contributed by atoms with Crippen LogP contribution in [0.15, 0.2) is 21.7 Å². The van der Waals surface area contributed by atoms with E-state index < -0.39 is 11.2 Å². The van der Waals surface area contributed by atoms with Crippen molar-refractivity contribution in [3.63, 3.8) is 0 Å². The second kappa shape index (κ2) is 3.89. The highest BCUT2D eigenvalue weighted by molar-refractivity contribution is 6.32. The van der Waals surface area contributed by atoms with Gasteiger partial charge in [0.05, 0.1) is 11.0 Å². The third-order valence-corrected chi connectivity index (χ3v) is 3.43. The zero-order chi connectivity index (χ0) is 13.7. The van der Waals surface area contributed by atoms with Crippen LogP contribution < -0.4 is 11.2 Å². The Morgan fingerprint density at radius 3 is 2.74 bits per heavy atom. The van der Waals surface area contributed by atoms with E-state index in [1.807, 2.05) is 6.92 Å². The second-order valence-corrected chi connectivity index (χ2v) is 4.71. The smallest absolute Gasteiger partial charge is 0.325 e. The number of H-pyrrole nitrogens is 1. The van der Waals surface area contributed by atoms with E-state index in [4.69, 9.17) is 11.6 Å². The Morgan fingerprint density at radius 1 is 1.26 bits per heavy atom. The number of halogens is 1. The quantitative estimate of drug-likeness (QED) is 0.623. The van der Waals surface area contributed by atoms with Crippen molar-refractivity contribution in [2.75, 3.05) is 0 Å². The van der Waals surface area contributed by atoms with Gasteiger partial charge < -0.3 is 4.57 Å². The maximum absolute atomic E-state index is 11.7. The van der Waals surface area contributed by atoms with E-state index in [9.17, 15) is 9.59 Å². The van der Waals surface area contributed by atoms with Crippen molar-refractivity contribution in [1.29, 1.82) is 0 Å². The number of rotatable bonds is 0. The lowest BCUT2D eigenvalue weighted by molar-refractivity contribution is 0.870. The van der Waals surface area contributed by atoms with E-state index in [2.05, 4.69) is 15.0 Å². The number of aromatic nitrogens is 4. The van der Waals surface area contributed by atoms with Crippen LogP contribution in [0.3, 0.4) is 0 Å². The molecule has 0 atom stereocenters. The third kappa shape index (κ3) is 1.72. The Hall–Kier alpha value is -2.21. The molecule has 0 bridgehead atoms. The molecule has 0 saturated carbocycles. The average molecular weight is 277 g/mol. The highest BCUT2D eigenvalue weighted by atomic mass is 35.5. The van der Waals surface area contributed by atoms with Crippen molar-refractivity contribution in [2.45, 2.75) is 6.92 Å². The molecule has 2 aliphatic heterocycles. The van der Waals surface area contributed by atoms with E-state index in [1.54, 1.807) is 23.7 Å². The number of hydrogen-bond acceptors (Lipinski definition) is 4. The largest absolute Gasteiger partial charge is 0.349 e. The van der Waals surface area contributed by atoms with Crippen LogP contribution in [0, 0.1) is 6.92 Å². The molecule has 2 heterocycles. The minimum absolute atomic E-state index is 0.135. The summed E-state index contributed by atoms with van der Waals surface area (Å²) in [6.07, 6.45) is 0. The fourth-order valence-electron chi connectivity index (χ4n) is 2.02. The minimum atomic E-state index is -0.688. The SMILES string of the molecule is Cc1cc2nc3c(=O)[nH]c(=O)nc-3n(C)c2cc1Cl. The highest BCUT2D eigenvalue weighted by Crippen LogP contribution is 2.25. The number of nitrogens with one attached hydrogen (secondary N) is 1. The van der Waals surface area contributed by atoms with E-state index >= 15 is 0 Å². The van der Waals surface area contributed by atoms with Crippen LogP contribution in [-0.2, 0) is 7.05 Å². The minimum Gasteiger partial charge on any atom is -0.325 e. The fourth-order valence-corrected chi connectivity index (χ4v) is 2.18. The molecule has 0 aliphatic carbocycles. The molecule has 19 heavy (non-hydrogen) atoms. The molecule has 0 fully saturated rings. The summed E-state index contributed by atoms with van der Waals surface area (Å²) in [4.78, 5) is 33.2. The first-order valence-electron chi connectivity index (χ1n) is 5.54. The summed E-state index contributed by atoms with van der Waals surface area (Å²) in [6.45, 7) is 1.86. The summed E-state index contributed by atoms with van der Waals surface area (Å²) < 4.78 is 1.64. The molecule has 0 aromatic heterocycles. The molecule has 3 rings (SSSR count). The van der Waals surface area contributed by atoms with Crippen molar-refractivity contribution in [3.8, 4) is 11.5 Å². The van der Waals surface area contributed by atoms with Gasteiger partial charge in [-0.1, -0.05) is 11.6 Å². The summed E-state index contributed by atoms with van der Waals surface area (Å²) in [7, 11) is 1.71. The van der Waals surface area contributed by atoms with Crippen LogP contribution >= 0.6 is 11.6 Å². The molecule has 0 unspecified atom stereocenters. The molecule has 7 heteroatoms. The van der Waals surface area contributed by atoms with Gasteiger partial charge in [0.25, 0.3) is 5.56 Å². The van der Waals surface area contributed by atoms with Gasteiger partial charge in [-0.3, -0.25) is 9.78 Å². The Morgan fingerprint density at radius 2 is 2.00 bits per heavy atom. The van der Waals surface area contributed by atoms with Crippen LogP contribution in [0.5, 0.6) is 0 Å². The van der Waals surface area contributed by atoms with Gasteiger partial charge in [0.1, 0.15) is 0 Å². The van der Waals surface area contributed by atoms with Gasteiger partial charge >= 0.3 is 5.69 Å². The van der Waals surface area contributed by atoms with E-state index in [1.165, 1.54) is 0 Å². The van der Waals surface area contributed by atoms with Crippen LogP contribution in [0.4, 0.5) is 0 Å². The molecule has 0 radical (unpaired) electrons. The molecule has 1 N–H and O–H groups in total. The first-order chi connectivity index (χ1) is 8.97. The van der Waals surface area contributed by atoms with Gasteiger partial charge in [0.2, 0.25) is 0 Å². The van der Waals surface area contributed by atoms with Crippen molar-refractivity contribution in [2.24, 2.45) is 7.05 Å². The molecular weight excluding hydrogens is 268 g/mol. The Bertz CT molecular complexity index is 897. The van der Waals surface area contributed by atoms with Gasteiger partial charge in [-0.15, -0.1) is 0 Å². The Kier molecular flexibility index (Phi) is 2.43. The molecule has 0 spiro atoms. The zero-order valence-electron chi connectivity index (χ0n) is 10.2. The van der Waals surface area contributed by atoms with E-state index in [0.29, 0.717) is 16.1 Å². The van der Waals surface area contributed by atoms with Crippen LogP contribution in [-0.4, -0.2) is 19.5 Å². The fraction of sp³-hybridized carbons (Fsp3) is 0.167. The summed E-state index contributed by atoms with van der Waals surface area (Å²) in [6, 6.07) is 3.54. The molecule has 96 valence electrons. The molecule has 1 aromatic carbocycles. The Balaban J connectivity index is 2.60. The van der Waals surface area contributed by atoms with E-state index in [-0.39, 0.29) is 11.5 Å². The molecule has 0 amide bonds. The van der Waals surface area contributed by atoms with Crippen LogP contribution in [0.25, 0.3) is 22.6 Å². The molecule has 0 saturated heterocycles. The standard InChI is InChI=1S/C12H9ClN4O2/c1-5-3-7-8(4-6(5)13)17(2)10-9(14-7)11(18)16-12(19)15-10/h3-4H,1-2H3,(H,16,18,19). The number of benzene rings is 1. The van der Waals surface area contributed by atoms with Gasteiger partial charge in [-0.2, -0.15) is 4.98 Å². The summed E-state index contributed by atoms with van der Waals surface area (Å²) in [5.41, 5.74) is 1.11. The van der Waals surface area contributed by atoms with Crippen molar-refractivity contribution in [1.82, 2.24) is 19.5 Å². The predicted octanol–water partition coefficient (Wildman–Crippen LogP) is 1.08. The number of hydrogen-bond donors (Lipinski definition) is 1. The van der Waals surface area contributed by atoms with E-state index in [0.717, 1.165) is 5.56 Å². The molecule has 1 aromatic rings. The Labute approximate surface area is 112 Å². The topological polar surface area (TPSA) is 80.6 Å². The predicted molar refractivity (Wildman–Crippen MR) is 71.8 cm³/mol. The first-order valence-corrected chi connectivity index (χ1v) is 5.92. The van der Waals surface area contributed by atoms with Crippen LogP contribution in [0.1, 0.15) is 5.56 Å². The molecular formula is C12H9ClN4O2. The summed E-state index contributed by atoms with van der Waals surface area (Å²) >= 11 is 6.08. The third-order valence-electron chi connectivity index (χ3n) is 3.02. The van der Waals surface area contributed by atoms with Crippen molar-refractivity contribution < 1.29 is 0 Å². The van der Waals surface area contributed by atoms with Gasteiger partial charge in [0.15, 0.2) is 11.5 Å². The van der Waals surface area contributed by atoms with Gasteiger partial charge in [-0.25, -0.2) is 9.78 Å². The lowest BCUT2D eigenvalue weighted by Gasteiger charge is -2.13.